The fourth-order valence-corrected chi connectivity index (χ4v) is 2.26. The molecule has 5 nitrogen and oxygen atoms in total. The van der Waals surface area contributed by atoms with E-state index in [4.69, 9.17) is 9.15 Å². The Morgan fingerprint density at radius 2 is 2.11 bits per heavy atom. The molecule has 1 aliphatic rings. The van der Waals surface area contributed by atoms with Crippen LogP contribution >= 0.6 is 0 Å². The van der Waals surface area contributed by atoms with Gasteiger partial charge in [0.25, 0.3) is 5.91 Å². The molecule has 5 heteroatoms. The molecule has 1 N–H and O–H groups in total. The molecule has 19 heavy (non-hydrogen) atoms. The number of carbonyl (C=O) groups is 1. The number of ether oxygens (including phenoxy) is 1. The minimum atomic E-state index is -0.149. The van der Waals surface area contributed by atoms with Crippen LogP contribution in [0.5, 0.6) is 0 Å². The molecular formula is C14H22N2O3. The fraction of sp³-hybridized carbons (Fsp3) is 0.643. The first-order valence-corrected chi connectivity index (χ1v) is 6.66. The number of carbonyl (C=O) groups excluding carboxylic acids is 1. The van der Waals surface area contributed by atoms with Crippen LogP contribution in [0.3, 0.4) is 0 Å². The Morgan fingerprint density at radius 1 is 1.42 bits per heavy atom. The van der Waals surface area contributed by atoms with E-state index in [1.165, 1.54) is 6.26 Å². The lowest BCUT2D eigenvalue weighted by Gasteiger charge is -2.40. The van der Waals surface area contributed by atoms with Crippen LogP contribution in [-0.4, -0.2) is 49.2 Å². The Bertz CT molecular complexity index is 434. The van der Waals surface area contributed by atoms with Gasteiger partial charge < -0.3 is 14.5 Å². The Balaban J connectivity index is 1.90. The highest BCUT2D eigenvalue weighted by Crippen LogP contribution is 2.16. The van der Waals surface area contributed by atoms with E-state index in [0.717, 1.165) is 31.9 Å². The highest BCUT2D eigenvalue weighted by molar-refractivity contribution is 5.92. The van der Waals surface area contributed by atoms with Gasteiger partial charge in [0.2, 0.25) is 0 Å². The molecule has 1 aromatic rings. The van der Waals surface area contributed by atoms with E-state index in [1.807, 2.05) is 6.92 Å². The number of amides is 1. The molecule has 1 aliphatic heterocycles. The molecule has 2 rings (SSSR count). The molecule has 0 bridgehead atoms. The van der Waals surface area contributed by atoms with E-state index < -0.39 is 0 Å². The quantitative estimate of drug-likeness (QED) is 0.895. The van der Waals surface area contributed by atoms with Gasteiger partial charge in [0.1, 0.15) is 0 Å². The van der Waals surface area contributed by atoms with E-state index in [-0.39, 0.29) is 11.4 Å². The standard InChI is InChI=1S/C14H22N2O3/c1-11-4-7-19-12(11)13(17)15-10-14(2,3)16-5-8-18-9-6-16/h4,7H,5-6,8-10H2,1-3H3,(H,15,17). The first-order chi connectivity index (χ1) is 9.00. The SMILES string of the molecule is Cc1ccoc1C(=O)NCC(C)(C)N1CCOCC1. The summed E-state index contributed by atoms with van der Waals surface area (Å²) in [6, 6.07) is 1.79. The maximum atomic E-state index is 12.0. The summed E-state index contributed by atoms with van der Waals surface area (Å²) in [5, 5.41) is 2.95. The third-order valence-corrected chi connectivity index (χ3v) is 3.62. The number of morpholine rings is 1. The zero-order chi connectivity index (χ0) is 13.9. The number of nitrogens with one attached hydrogen (secondary N) is 1. The van der Waals surface area contributed by atoms with Gasteiger partial charge in [-0.25, -0.2) is 0 Å². The van der Waals surface area contributed by atoms with Crippen molar-refractivity contribution >= 4 is 5.91 Å². The van der Waals surface area contributed by atoms with Crippen molar-refractivity contribution in [2.45, 2.75) is 26.3 Å². The molecule has 2 heterocycles. The van der Waals surface area contributed by atoms with Crippen molar-refractivity contribution in [3.63, 3.8) is 0 Å². The normalized spacial score (nSPS) is 17.4. The summed E-state index contributed by atoms with van der Waals surface area (Å²) in [5.41, 5.74) is 0.779. The number of furan rings is 1. The van der Waals surface area contributed by atoms with Crippen molar-refractivity contribution in [3.8, 4) is 0 Å². The summed E-state index contributed by atoms with van der Waals surface area (Å²) in [6.45, 7) is 10.0. The largest absolute Gasteiger partial charge is 0.459 e. The molecule has 0 unspecified atom stereocenters. The van der Waals surface area contributed by atoms with Gasteiger partial charge in [-0.3, -0.25) is 9.69 Å². The van der Waals surface area contributed by atoms with Crippen molar-refractivity contribution < 1.29 is 13.9 Å². The number of nitrogens with zero attached hydrogens (tertiary/aromatic N) is 1. The number of hydrogen-bond acceptors (Lipinski definition) is 4. The van der Waals surface area contributed by atoms with Crippen molar-refractivity contribution in [2.24, 2.45) is 0 Å². The lowest BCUT2D eigenvalue weighted by Crippen LogP contribution is -2.55. The first-order valence-electron chi connectivity index (χ1n) is 6.66. The van der Waals surface area contributed by atoms with Gasteiger partial charge in [-0.2, -0.15) is 0 Å². The molecule has 0 atom stereocenters. The first kappa shape index (κ1) is 14.1. The monoisotopic (exact) mass is 266 g/mol. The zero-order valence-corrected chi connectivity index (χ0v) is 11.9. The van der Waals surface area contributed by atoms with Crippen molar-refractivity contribution in [1.82, 2.24) is 10.2 Å². The van der Waals surface area contributed by atoms with Gasteiger partial charge >= 0.3 is 0 Å². The van der Waals surface area contributed by atoms with Crippen molar-refractivity contribution in [2.75, 3.05) is 32.8 Å². The molecule has 0 aromatic carbocycles. The molecule has 0 radical (unpaired) electrons. The highest BCUT2D eigenvalue weighted by atomic mass is 16.5. The highest BCUT2D eigenvalue weighted by Gasteiger charge is 2.29. The van der Waals surface area contributed by atoms with Crippen LogP contribution in [0.2, 0.25) is 0 Å². The molecule has 106 valence electrons. The maximum absolute atomic E-state index is 12.0. The molecule has 0 aliphatic carbocycles. The average Bonchev–Trinajstić information content (AvgIpc) is 2.83. The molecule has 0 spiro atoms. The summed E-state index contributed by atoms with van der Waals surface area (Å²) in [7, 11) is 0. The summed E-state index contributed by atoms with van der Waals surface area (Å²) in [6.07, 6.45) is 1.54. The Morgan fingerprint density at radius 3 is 2.68 bits per heavy atom. The maximum Gasteiger partial charge on any atom is 0.287 e. The zero-order valence-electron chi connectivity index (χ0n) is 11.9. The van der Waals surface area contributed by atoms with E-state index >= 15 is 0 Å². The minimum Gasteiger partial charge on any atom is -0.459 e. The molecule has 1 saturated heterocycles. The topological polar surface area (TPSA) is 54.7 Å². The molecular weight excluding hydrogens is 244 g/mol. The minimum absolute atomic E-state index is 0.0834. The van der Waals surface area contributed by atoms with Gasteiger partial charge in [0.05, 0.1) is 19.5 Å². The van der Waals surface area contributed by atoms with Crippen LogP contribution < -0.4 is 5.32 Å². The van der Waals surface area contributed by atoms with Crippen molar-refractivity contribution in [1.29, 1.82) is 0 Å². The number of aryl methyl sites for hydroxylation is 1. The second-order valence-electron chi connectivity index (χ2n) is 5.53. The van der Waals surface area contributed by atoms with Gasteiger partial charge in [0, 0.05) is 30.7 Å². The summed E-state index contributed by atoms with van der Waals surface area (Å²) < 4.78 is 10.5. The summed E-state index contributed by atoms with van der Waals surface area (Å²) in [4.78, 5) is 14.3. The Kier molecular flexibility index (Phi) is 4.27. The Hall–Kier alpha value is -1.33. The second kappa shape index (κ2) is 5.75. The molecule has 1 amide bonds. The smallest absolute Gasteiger partial charge is 0.287 e. The lowest BCUT2D eigenvalue weighted by atomic mass is 10.0. The molecule has 1 fully saturated rings. The van der Waals surface area contributed by atoms with Gasteiger partial charge in [-0.15, -0.1) is 0 Å². The van der Waals surface area contributed by atoms with E-state index in [2.05, 4.69) is 24.1 Å². The predicted octanol–water partition coefficient (Wildman–Crippen LogP) is 1.43. The third kappa shape index (κ3) is 3.36. The van der Waals surface area contributed by atoms with Gasteiger partial charge in [0.15, 0.2) is 5.76 Å². The predicted molar refractivity (Wildman–Crippen MR) is 72.2 cm³/mol. The third-order valence-electron chi connectivity index (χ3n) is 3.62. The van der Waals surface area contributed by atoms with Gasteiger partial charge in [-0.1, -0.05) is 0 Å². The van der Waals surface area contributed by atoms with Crippen LogP contribution in [-0.2, 0) is 4.74 Å². The van der Waals surface area contributed by atoms with Crippen LogP contribution in [0.4, 0.5) is 0 Å². The van der Waals surface area contributed by atoms with Crippen LogP contribution in [0.15, 0.2) is 16.7 Å². The molecule has 1 aromatic heterocycles. The number of rotatable bonds is 4. The van der Waals surface area contributed by atoms with Gasteiger partial charge in [-0.05, 0) is 26.8 Å². The molecule has 0 saturated carbocycles. The second-order valence-corrected chi connectivity index (χ2v) is 5.53. The van der Waals surface area contributed by atoms with Crippen LogP contribution in [0.1, 0.15) is 30.0 Å². The van der Waals surface area contributed by atoms with E-state index in [9.17, 15) is 4.79 Å². The van der Waals surface area contributed by atoms with E-state index in [1.54, 1.807) is 6.07 Å². The van der Waals surface area contributed by atoms with Crippen LogP contribution in [0, 0.1) is 6.92 Å². The number of hydrogen-bond donors (Lipinski definition) is 1. The lowest BCUT2D eigenvalue weighted by molar-refractivity contribution is -0.00930. The van der Waals surface area contributed by atoms with Crippen LogP contribution in [0.25, 0.3) is 0 Å². The fourth-order valence-electron chi connectivity index (χ4n) is 2.26. The summed E-state index contributed by atoms with van der Waals surface area (Å²) in [5.74, 6) is 0.251. The average molecular weight is 266 g/mol. The van der Waals surface area contributed by atoms with E-state index in [0.29, 0.717) is 12.3 Å². The Labute approximate surface area is 113 Å². The summed E-state index contributed by atoms with van der Waals surface area (Å²) >= 11 is 0. The van der Waals surface area contributed by atoms with Crippen molar-refractivity contribution in [3.05, 3.63) is 23.7 Å².